The Kier molecular flexibility index (Phi) is 9.14. The van der Waals surface area contributed by atoms with E-state index in [9.17, 15) is 19.7 Å². The Balaban J connectivity index is 1.64. The highest BCUT2D eigenvalue weighted by atomic mass is 16.6. The van der Waals surface area contributed by atoms with Crippen molar-refractivity contribution in [2.45, 2.75) is 20.0 Å². The third-order valence-corrected chi connectivity index (χ3v) is 4.92. The molecule has 0 aliphatic carbocycles. The first-order valence-corrected chi connectivity index (χ1v) is 11.2. The highest BCUT2D eigenvalue weighted by Gasteiger charge is 2.20. The molecule has 0 heterocycles. The number of carbonyl (C=O) groups is 2. The molecule has 0 fully saturated rings. The lowest BCUT2D eigenvalue weighted by atomic mass is 10.2. The molecule has 3 rings (SSSR count). The number of ether oxygens (including phenoxy) is 4. The fraction of sp³-hybridized carbons (Fsp3) is 0.192. The van der Waals surface area contributed by atoms with Crippen LogP contribution in [0.5, 0.6) is 23.0 Å². The van der Waals surface area contributed by atoms with Gasteiger partial charge in [0, 0.05) is 6.07 Å². The van der Waals surface area contributed by atoms with Crippen molar-refractivity contribution < 1.29 is 33.5 Å². The number of rotatable bonds is 11. The second-order valence-electron chi connectivity index (χ2n) is 7.48. The third-order valence-electron chi connectivity index (χ3n) is 4.92. The maximum Gasteiger partial charge on any atom is 0.343 e. The molecule has 0 saturated carbocycles. The minimum atomic E-state index is -1.04. The van der Waals surface area contributed by atoms with Crippen LogP contribution in [0.3, 0.4) is 0 Å². The monoisotopic (exact) mass is 507 g/mol. The summed E-state index contributed by atoms with van der Waals surface area (Å²) in [4.78, 5) is 35.4. The van der Waals surface area contributed by atoms with Crippen LogP contribution >= 0.6 is 0 Å². The molecule has 0 saturated heterocycles. The van der Waals surface area contributed by atoms with Crippen LogP contribution in [0.2, 0.25) is 0 Å². The molecule has 0 aliphatic rings. The number of carbonyl (C=O) groups excluding carboxylic acids is 2. The van der Waals surface area contributed by atoms with Crippen molar-refractivity contribution in [3.05, 3.63) is 88.0 Å². The third kappa shape index (κ3) is 7.28. The standard InChI is InChI=1S/C26H25N3O8/c1-4-35-24-15-18(9-14-23(24)37-26(31)19-10-12-20(34-3)13-11-19)16-27-28-25(30)17(2)36-22-8-6-5-7-21(22)29(32)33/h5-17H,4H2,1-3H3,(H,28,30)/b27-16-/t17-/m0/s1. The first-order chi connectivity index (χ1) is 17.8. The van der Waals surface area contributed by atoms with E-state index in [0.717, 1.165) is 0 Å². The molecule has 0 bridgehead atoms. The molecule has 3 aromatic rings. The number of nitro benzene ring substituents is 1. The smallest absolute Gasteiger partial charge is 0.343 e. The zero-order valence-corrected chi connectivity index (χ0v) is 20.4. The lowest BCUT2D eigenvalue weighted by Crippen LogP contribution is -2.33. The van der Waals surface area contributed by atoms with E-state index in [1.54, 1.807) is 55.5 Å². The Bertz CT molecular complexity index is 1290. The molecule has 1 atom stereocenters. The van der Waals surface area contributed by atoms with E-state index >= 15 is 0 Å². The number of esters is 1. The fourth-order valence-electron chi connectivity index (χ4n) is 3.06. The van der Waals surface area contributed by atoms with Gasteiger partial charge >= 0.3 is 11.7 Å². The van der Waals surface area contributed by atoms with Gasteiger partial charge in [-0.3, -0.25) is 14.9 Å². The first kappa shape index (κ1) is 26.7. The van der Waals surface area contributed by atoms with Gasteiger partial charge < -0.3 is 18.9 Å². The Labute approximate surface area is 212 Å². The molecule has 37 heavy (non-hydrogen) atoms. The van der Waals surface area contributed by atoms with E-state index in [4.69, 9.17) is 18.9 Å². The van der Waals surface area contributed by atoms with Crippen LogP contribution in [-0.2, 0) is 4.79 Å². The number of nitro groups is 1. The predicted molar refractivity (Wildman–Crippen MR) is 134 cm³/mol. The number of benzene rings is 3. The van der Waals surface area contributed by atoms with Crippen molar-refractivity contribution in [2.75, 3.05) is 13.7 Å². The van der Waals surface area contributed by atoms with Crippen LogP contribution in [-0.4, -0.2) is 42.8 Å². The molecule has 1 N–H and O–H groups in total. The average Bonchev–Trinajstić information content (AvgIpc) is 2.90. The van der Waals surface area contributed by atoms with Crippen molar-refractivity contribution in [3.63, 3.8) is 0 Å². The SMILES string of the molecule is CCOc1cc(/C=N\NC(=O)[C@H](C)Oc2ccccc2[N+](=O)[O-])ccc1OC(=O)c1ccc(OC)cc1. The van der Waals surface area contributed by atoms with Gasteiger partial charge in [0.2, 0.25) is 0 Å². The lowest BCUT2D eigenvalue weighted by molar-refractivity contribution is -0.386. The molecular weight excluding hydrogens is 482 g/mol. The molecule has 0 radical (unpaired) electrons. The summed E-state index contributed by atoms with van der Waals surface area (Å²) in [6, 6.07) is 17.0. The molecule has 0 aromatic heterocycles. The van der Waals surface area contributed by atoms with E-state index in [2.05, 4.69) is 10.5 Å². The first-order valence-electron chi connectivity index (χ1n) is 11.2. The van der Waals surface area contributed by atoms with Gasteiger partial charge in [0.1, 0.15) is 5.75 Å². The van der Waals surface area contributed by atoms with Crippen molar-refractivity contribution in [1.29, 1.82) is 0 Å². The van der Waals surface area contributed by atoms with E-state index in [0.29, 0.717) is 29.2 Å². The number of methoxy groups -OCH3 is 1. The Morgan fingerprint density at radius 3 is 2.46 bits per heavy atom. The van der Waals surface area contributed by atoms with Crippen LogP contribution in [0, 0.1) is 10.1 Å². The second-order valence-corrected chi connectivity index (χ2v) is 7.48. The van der Waals surface area contributed by atoms with E-state index in [1.165, 1.54) is 38.4 Å². The number of hydrogen-bond donors (Lipinski definition) is 1. The summed E-state index contributed by atoms with van der Waals surface area (Å²) in [5.74, 6) is -0.0534. The van der Waals surface area contributed by atoms with Gasteiger partial charge in [-0.1, -0.05) is 12.1 Å². The quantitative estimate of drug-likeness (QED) is 0.134. The highest BCUT2D eigenvalue weighted by Crippen LogP contribution is 2.29. The number of hydrazone groups is 1. The maximum atomic E-state index is 12.5. The number of nitrogens with one attached hydrogen (secondary N) is 1. The van der Waals surface area contributed by atoms with Crippen LogP contribution < -0.4 is 24.4 Å². The van der Waals surface area contributed by atoms with E-state index in [1.807, 2.05) is 0 Å². The van der Waals surface area contributed by atoms with Crippen molar-refractivity contribution in [2.24, 2.45) is 5.10 Å². The Hall–Kier alpha value is -4.93. The summed E-state index contributed by atoms with van der Waals surface area (Å²) in [7, 11) is 1.53. The summed E-state index contributed by atoms with van der Waals surface area (Å²) in [5, 5.41) is 15.0. The van der Waals surface area contributed by atoms with Gasteiger partial charge in [0.25, 0.3) is 5.91 Å². The molecule has 3 aromatic carbocycles. The molecule has 0 aliphatic heterocycles. The van der Waals surface area contributed by atoms with Crippen LogP contribution in [0.4, 0.5) is 5.69 Å². The Morgan fingerprint density at radius 1 is 1.05 bits per heavy atom. The van der Waals surface area contributed by atoms with Crippen LogP contribution in [0.15, 0.2) is 71.8 Å². The zero-order chi connectivity index (χ0) is 26.8. The minimum Gasteiger partial charge on any atom is -0.497 e. The summed E-state index contributed by atoms with van der Waals surface area (Å²) in [6.45, 7) is 3.56. The summed E-state index contributed by atoms with van der Waals surface area (Å²) < 4.78 is 21.6. The highest BCUT2D eigenvalue weighted by molar-refractivity contribution is 5.92. The van der Waals surface area contributed by atoms with Crippen molar-refractivity contribution in [3.8, 4) is 23.0 Å². The summed E-state index contributed by atoms with van der Waals surface area (Å²) in [5.41, 5.74) is 2.98. The van der Waals surface area contributed by atoms with Crippen LogP contribution in [0.25, 0.3) is 0 Å². The maximum absolute atomic E-state index is 12.5. The van der Waals surface area contributed by atoms with Gasteiger partial charge in [-0.25, -0.2) is 10.2 Å². The van der Waals surface area contributed by atoms with Gasteiger partial charge in [-0.05, 0) is 67.9 Å². The lowest BCUT2D eigenvalue weighted by Gasteiger charge is -2.13. The molecule has 0 spiro atoms. The zero-order valence-electron chi connectivity index (χ0n) is 20.4. The van der Waals surface area contributed by atoms with E-state index in [-0.39, 0.29) is 17.2 Å². The number of nitrogens with zero attached hydrogens (tertiary/aromatic N) is 2. The average molecular weight is 507 g/mol. The number of amides is 1. The van der Waals surface area contributed by atoms with Gasteiger partial charge in [0.05, 0.1) is 30.4 Å². The second kappa shape index (κ2) is 12.7. The molecule has 192 valence electrons. The minimum absolute atomic E-state index is 0.0275. The number of para-hydroxylation sites is 2. The van der Waals surface area contributed by atoms with E-state index < -0.39 is 22.9 Å². The molecule has 11 heteroatoms. The molecular formula is C26H25N3O8. The fourth-order valence-corrected chi connectivity index (χ4v) is 3.06. The molecule has 1 amide bonds. The Morgan fingerprint density at radius 2 is 1.78 bits per heavy atom. The normalized spacial score (nSPS) is 11.4. The van der Waals surface area contributed by atoms with Crippen LogP contribution in [0.1, 0.15) is 29.8 Å². The van der Waals surface area contributed by atoms with Gasteiger partial charge in [-0.2, -0.15) is 5.10 Å². The summed E-state index contributed by atoms with van der Waals surface area (Å²) in [6.07, 6.45) is 0.324. The van der Waals surface area contributed by atoms with Crippen molar-refractivity contribution >= 4 is 23.8 Å². The van der Waals surface area contributed by atoms with Gasteiger partial charge in [0.15, 0.2) is 23.4 Å². The topological polar surface area (TPSA) is 139 Å². The van der Waals surface area contributed by atoms with Crippen molar-refractivity contribution in [1.82, 2.24) is 5.43 Å². The molecule has 11 nitrogen and oxygen atoms in total. The largest absolute Gasteiger partial charge is 0.497 e. The number of hydrogen-bond acceptors (Lipinski definition) is 9. The molecule has 0 unspecified atom stereocenters. The summed E-state index contributed by atoms with van der Waals surface area (Å²) >= 11 is 0. The predicted octanol–water partition coefficient (Wildman–Crippen LogP) is 4.14. The van der Waals surface area contributed by atoms with Gasteiger partial charge in [-0.15, -0.1) is 0 Å².